The highest BCUT2D eigenvalue weighted by Gasteiger charge is 2.13. The number of alkyl halides is 2. The molecule has 2 N–H and O–H groups in total. The van der Waals surface area contributed by atoms with Gasteiger partial charge in [0.2, 0.25) is 0 Å². The molecule has 0 aromatic heterocycles. The highest BCUT2D eigenvalue weighted by molar-refractivity contribution is 6.44. The Labute approximate surface area is 120 Å². The molecule has 0 saturated heterocycles. The Morgan fingerprint density at radius 2 is 1.58 bits per heavy atom. The number of carboxylic acid groups (broad SMARTS) is 1. The molecule has 98 valence electrons. The van der Waals surface area contributed by atoms with E-state index >= 15 is 0 Å². The van der Waals surface area contributed by atoms with E-state index < -0.39 is 10.8 Å². The second-order valence-corrected chi connectivity index (χ2v) is 4.96. The lowest BCUT2D eigenvalue weighted by Crippen LogP contribution is -2.03. The van der Waals surface area contributed by atoms with Crippen LogP contribution in [-0.4, -0.2) is 11.1 Å². The van der Waals surface area contributed by atoms with E-state index in [1.165, 1.54) is 6.07 Å². The van der Waals surface area contributed by atoms with Gasteiger partial charge in [-0.15, -0.1) is 0 Å². The standard InChI is InChI=1S/C14H11Cl2NO2/c15-13(16)9-5-1-3-7-11(9)17-12-8-4-2-6-10(12)14(18)19/h1-8,13,17H,(H,18,19). The molecule has 0 spiro atoms. The van der Waals surface area contributed by atoms with Gasteiger partial charge in [0.05, 0.1) is 11.3 Å². The largest absolute Gasteiger partial charge is 0.478 e. The minimum absolute atomic E-state index is 0.193. The highest BCUT2D eigenvalue weighted by atomic mass is 35.5. The van der Waals surface area contributed by atoms with Gasteiger partial charge in [0, 0.05) is 11.3 Å². The van der Waals surface area contributed by atoms with E-state index in [0.717, 1.165) is 0 Å². The third kappa shape index (κ3) is 3.19. The Morgan fingerprint density at radius 3 is 2.21 bits per heavy atom. The SMILES string of the molecule is O=C(O)c1ccccc1Nc1ccccc1C(Cl)Cl. The summed E-state index contributed by atoms with van der Waals surface area (Å²) in [4.78, 5) is 10.5. The molecule has 0 bridgehead atoms. The summed E-state index contributed by atoms with van der Waals surface area (Å²) in [5.41, 5.74) is 2.08. The maximum atomic E-state index is 11.1. The maximum Gasteiger partial charge on any atom is 0.337 e. The second kappa shape index (κ2) is 5.95. The number of rotatable bonds is 4. The first-order valence-electron chi connectivity index (χ1n) is 5.56. The second-order valence-electron chi connectivity index (χ2n) is 3.86. The Kier molecular flexibility index (Phi) is 4.30. The summed E-state index contributed by atoms with van der Waals surface area (Å²) in [6.07, 6.45) is 0. The first kappa shape index (κ1) is 13.7. The van der Waals surface area contributed by atoms with Gasteiger partial charge >= 0.3 is 5.97 Å². The smallest absolute Gasteiger partial charge is 0.337 e. The molecular formula is C14H11Cl2NO2. The average Bonchev–Trinajstić information content (AvgIpc) is 2.39. The number of para-hydroxylation sites is 2. The molecule has 0 heterocycles. The minimum Gasteiger partial charge on any atom is -0.478 e. The van der Waals surface area contributed by atoms with Crippen molar-refractivity contribution in [3.8, 4) is 0 Å². The van der Waals surface area contributed by atoms with Gasteiger partial charge in [0.25, 0.3) is 0 Å². The van der Waals surface area contributed by atoms with Crippen molar-refractivity contribution < 1.29 is 9.90 Å². The number of halogens is 2. The molecule has 0 saturated carbocycles. The molecular weight excluding hydrogens is 285 g/mol. The summed E-state index contributed by atoms with van der Waals surface area (Å²) < 4.78 is 0. The lowest BCUT2D eigenvalue weighted by Gasteiger charge is -2.14. The van der Waals surface area contributed by atoms with Crippen LogP contribution in [0.3, 0.4) is 0 Å². The zero-order valence-electron chi connectivity index (χ0n) is 9.81. The predicted molar refractivity (Wildman–Crippen MR) is 77.6 cm³/mol. The lowest BCUT2D eigenvalue weighted by molar-refractivity contribution is 0.0698. The van der Waals surface area contributed by atoms with Crippen LogP contribution in [0.15, 0.2) is 48.5 Å². The molecule has 0 fully saturated rings. The van der Waals surface area contributed by atoms with Crippen LogP contribution in [0, 0.1) is 0 Å². The summed E-state index contributed by atoms with van der Waals surface area (Å²) in [6, 6.07) is 13.9. The molecule has 0 aliphatic rings. The predicted octanol–water partition coefficient (Wildman–Crippen LogP) is 4.60. The van der Waals surface area contributed by atoms with Crippen molar-refractivity contribution in [3.63, 3.8) is 0 Å². The van der Waals surface area contributed by atoms with E-state index in [-0.39, 0.29) is 5.56 Å². The Balaban J connectivity index is 2.39. The molecule has 0 aliphatic heterocycles. The number of nitrogens with one attached hydrogen (secondary N) is 1. The summed E-state index contributed by atoms with van der Waals surface area (Å²) in [5.74, 6) is -0.992. The molecule has 2 aromatic rings. The van der Waals surface area contributed by atoms with Gasteiger partial charge in [-0.3, -0.25) is 0 Å². The lowest BCUT2D eigenvalue weighted by atomic mass is 10.1. The molecule has 2 rings (SSSR count). The van der Waals surface area contributed by atoms with Crippen molar-refractivity contribution in [1.29, 1.82) is 0 Å². The molecule has 0 radical (unpaired) electrons. The summed E-state index contributed by atoms with van der Waals surface area (Å²) in [5, 5.41) is 12.2. The van der Waals surface area contributed by atoms with Crippen LogP contribution in [0.5, 0.6) is 0 Å². The third-order valence-corrected chi connectivity index (χ3v) is 3.09. The van der Waals surface area contributed by atoms with Gasteiger partial charge < -0.3 is 10.4 Å². The minimum atomic E-state index is -0.992. The number of carboxylic acids is 1. The van der Waals surface area contributed by atoms with Gasteiger partial charge in [0.15, 0.2) is 0 Å². The summed E-state index contributed by atoms with van der Waals surface area (Å²) in [6.45, 7) is 0. The number of anilines is 2. The van der Waals surface area contributed by atoms with Crippen molar-refractivity contribution in [2.45, 2.75) is 4.84 Å². The fourth-order valence-corrected chi connectivity index (χ4v) is 2.11. The van der Waals surface area contributed by atoms with Crippen LogP contribution in [-0.2, 0) is 0 Å². The highest BCUT2D eigenvalue weighted by Crippen LogP contribution is 2.33. The van der Waals surface area contributed by atoms with E-state index in [2.05, 4.69) is 5.32 Å². The van der Waals surface area contributed by atoms with Gasteiger partial charge in [-0.25, -0.2) is 4.79 Å². The Morgan fingerprint density at radius 1 is 1.00 bits per heavy atom. The molecule has 0 unspecified atom stereocenters. The average molecular weight is 296 g/mol. The van der Waals surface area contributed by atoms with Gasteiger partial charge in [0.1, 0.15) is 4.84 Å². The van der Waals surface area contributed by atoms with Crippen LogP contribution in [0.4, 0.5) is 11.4 Å². The summed E-state index contributed by atoms with van der Waals surface area (Å²) in [7, 11) is 0. The fraction of sp³-hybridized carbons (Fsp3) is 0.0714. The van der Waals surface area contributed by atoms with Gasteiger partial charge in [-0.2, -0.15) is 0 Å². The summed E-state index contributed by atoms with van der Waals surface area (Å²) >= 11 is 11.8. The number of hydrogen-bond acceptors (Lipinski definition) is 2. The molecule has 19 heavy (non-hydrogen) atoms. The number of carbonyl (C=O) groups is 1. The van der Waals surface area contributed by atoms with E-state index in [9.17, 15) is 4.79 Å². The first-order valence-corrected chi connectivity index (χ1v) is 6.43. The van der Waals surface area contributed by atoms with Crippen LogP contribution in [0.25, 0.3) is 0 Å². The quantitative estimate of drug-likeness (QED) is 0.810. The van der Waals surface area contributed by atoms with E-state index in [1.54, 1.807) is 30.3 Å². The normalized spacial score (nSPS) is 10.5. The van der Waals surface area contributed by atoms with Crippen molar-refractivity contribution >= 4 is 40.5 Å². The van der Waals surface area contributed by atoms with Crippen LogP contribution < -0.4 is 5.32 Å². The van der Waals surface area contributed by atoms with Gasteiger partial charge in [-0.1, -0.05) is 53.5 Å². The number of benzene rings is 2. The zero-order chi connectivity index (χ0) is 13.8. The number of aromatic carboxylic acids is 1. The van der Waals surface area contributed by atoms with Crippen LogP contribution in [0.2, 0.25) is 0 Å². The van der Waals surface area contributed by atoms with Crippen molar-refractivity contribution in [2.75, 3.05) is 5.32 Å². The monoisotopic (exact) mass is 295 g/mol. The molecule has 3 nitrogen and oxygen atoms in total. The van der Waals surface area contributed by atoms with Crippen molar-refractivity contribution in [1.82, 2.24) is 0 Å². The van der Waals surface area contributed by atoms with Crippen LogP contribution >= 0.6 is 23.2 Å². The van der Waals surface area contributed by atoms with E-state index in [4.69, 9.17) is 28.3 Å². The Bertz CT molecular complexity index is 600. The van der Waals surface area contributed by atoms with Gasteiger partial charge in [-0.05, 0) is 18.2 Å². The first-order chi connectivity index (χ1) is 9.09. The molecule has 0 amide bonds. The van der Waals surface area contributed by atoms with Crippen LogP contribution in [0.1, 0.15) is 20.8 Å². The van der Waals surface area contributed by atoms with E-state index in [1.807, 2.05) is 12.1 Å². The van der Waals surface area contributed by atoms with Crippen molar-refractivity contribution in [3.05, 3.63) is 59.7 Å². The zero-order valence-corrected chi connectivity index (χ0v) is 11.3. The Hall–Kier alpha value is -1.71. The topological polar surface area (TPSA) is 49.3 Å². The molecule has 0 aliphatic carbocycles. The van der Waals surface area contributed by atoms with E-state index in [0.29, 0.717) is 16.9 Å². The van der Waals surface area contributed by atoms with Crippen molar-refractivity contribution in [2.24, 2.45) is 0 Å². The number of hydrogen-bond donors (Lipinski definition) is 2. The molecule has 5 heteroatoms. The fourth-order valence-electron chi connectivity index (χ4n) is 1.72. The third-order valence-electron chi connectivity index (χ3n) is 2.62. The molecule has 0 atom stereocenters. The molecule has 2 aromatic carbocycles. The maximum absolute atomic E-state index is 11.1.